The molecule has 2 heterocycles. The Balaban J connectivity index is 1.29. The lowest BCUT2D eigenvalue weighted by atomic mass is 10.3. The van der Waals surface area contributed by atoms with Crippen molar-refractivity contribution >= 4 is 28.8 Å². The van der Waals surface area contributed by atoms with Crippen LogP contribution in [0.4, 0.5) is 5.69 Å². The second kappa shape index (κ2) is 10.2. The molecule has 31 heavy (non-hydrogen) atoms. The largest absolute Gasteiger partial charge is 0.457 e. The highest BCUT2D eigenvalue weighted by atomic mass is 32.1. The third kappa shape index (κ3) is 5.93. The summed E-state index contributed by atoms with van der Waals surface area (Å²) in [6, 6.07) is 18.8. The van der Waals surface area contributed by atoms with Crippen LogP contribution in [0.5, 0.6) is 11.5 Å². The third-order valence-electron chi connectivity index (χ3n) is 5.11. The van der Waals surface area contributed by atoms with Gasteiger partial charge in [0.2, 0.25) is 5.91 Å². The van der Waals surface area contributed by atoms with Gasteiger partial charge in [0.1, 0.15) is 11.5 Å². The van der Waals surface area contributed by atoms with E-state index in [9.17, 15) is 9.59 Å². The maximum absolute atomic E-state index is 12.6. The Morgan fingerprint density at radius 1 is 0.935 bits per heavy atom. The van der Waals surface area contributed by atoms with Crippen LogP contribution in [0.2, 0.25) is 0 Å². The quantitative estimate of drug-likeness (QED) is 0.626. The van der Waals surface area contributed by atoms with Crippen LogP contribution in [0, 0.1) is 0 Å². The Morgan fingerprint density at radius 3 is 2.58 bits per heavy atom. The zero-order valence-electron chi connectivity index (χ0n) is 17.2. The maximum atomic E-state index is 12.6. The van der Waals surface area contributed by atoms with Crippen molar-refractivity contribution < 1.29 is 14.3 Å². The predicted molar refractivity (Wildman–Crippen MR) is 123 cm³/mol. The molecule has 0 aliphatic carbocycles. The molecular weight excluding hydrogens is 410 g/mol. The lowest BCUT2D eigenvalue weighted by Gasteiger charge is -2.21. The van der Waals surface area contributed by atoms with Crippen LogP contribution in [0.25, 0.3) is 0 Å². The molecule has 7 heteroatoms. The number of thiophene rings is 1. The van der Waals surface area contributed by atoms with Gasteiger partial charge in [0.15, 0.2) is 0 Å². The van der Waals surface area contributed by atoms with Gasteiger partial charge < -0.3 is 15.0 Å². The number of carbonyl (C=O) groups excluding carboxylic acids is 2. The van der Waals surface area contributed by atoms with Gasteiger partial charge in [0, 0.05) is 43.3 Å². The first-order valence-electron chi connectivity index (χ1n) is 10.3. The number of anilines is 1. The lowest BCUT2D eigenvalue weighted by molar-refractivity contribution is -0.117. The molecule has 1 aliphatic rings. The number of nitrogens with zero attached hydrogens (tertiary/aromatic N) is 2. The zero-order valence-corrected chi connectivity index (χ0v) is 18.0. The summed E-state index contributed by atoms with van der Waals surface area (Å²) in [4.78, 5) is 29.1. The molecule has 1 fully saturated rings. The highest BCUT2D eigenvalue weighted by Gasteiger charge is 2.21. The Labute approximate surface area is 186 Å². The van der Waals surface area contributed by atoms with Crippen molar-refractivity contribution in [1.29, 1.82) is 0 Å². The van der Waals surface area contributed by atoms with E-state index in [0.717, 1.165) is 24.3 Å². The van der Waals surface area contributed by atoms with Crippen LogP contribution in [0.15, 0.2) is 71.4 Å². The summed E-state index contributed by atoms with van der Waals surface area (Å²) in [5.74, 6) is 1.41. The van der Waals surface area contributed by atoms with E-state index in [-0.39, 0.29) is 11.8 Å². The number of rotatable bonds is 6. The molecule has 0 bridgehead atoms. The van der Waals surface area contributed by atoms with Crippen molar-refractivity contribution in [2.75, 3.05) is 38.0 Å². The highest BCUT2D eigenvalue weighted by Crippen LogP contribution is 2.23. The molecule has 0 atom stereocenters. The zero-order chi connectivity index (χ0) is 21.5. The van der Waals surface area contributed by atoms with Gasteiger partial charge in [0.05, 0.1) is 12.1 Å². The van der Waals surface area contributed by atoms with Crippen LogP contribution < -0.4 is 10.1 Å². The summed E-state index contributed by atoms with van der Waals surface area (Å²) in [7, 11) is 0. The van der Waals surface area contributed by atoms with Crippen molar-refractivity contribution in [3.05, 3.63) is 77.0 Å². The fraction of sp³-hybridized carbons (Fsp3) is 0.250. The second-order valence-corrected chi connectivity index (χ2v) is 8.21. The van der Waals surface area contributed by atoms with Crippen molar-refractivity contribution in [2.45, 2.75) is 6.42 Å². The van der Waals surface area contributed by atoms with Gasteiger partial charge in [-0.05, 0) is 42.1 Å². The van der Waals surface area contributed by atoms with E-state index in [1.54, 1.807) is 0 Å². The van der Waals surface area contributed by atoms with Gasteiger partial charge in [-0.2, -0.15) is 11.3 Å². The van der Waals surface area contributed by atoms with Gasteiger partial charge in [-0.3, -0.25) is 14.5 Å². The Hall–Kier alpha value is -3.16. The summed E-state index contributed by atoms with van der Waals surface area (Å²) in [6.07, 6.45) is 0.851. The van der Waals surface area contributed by atoms with Crippen molar-refractivity contribution in [2.24, 2.45) is 0 Å². The topological polar surface area (TPSA) is 61.9 Å². The number of amides is 2. The van der Waals surface area contributed by atoms with E-state index >= 15 is 0 Å². The van der Waals surface area contributed by atoms with Gasteiger partial charge in [-0.15, -0.1) is 0 Å². The molecule has 0 radical (unpaired) electrons. The van der Waals surface area contributed by atoms with Crippen LogP contribution in [0.3, 0.4) is 0 Å². The minimum Gasteiger partial charge on any atom is -0.457 e. The van der Waals surface area contributed by atoms with E-state index in [4.69, 9.17) is 4.74 Å². The first-order valence-corrected chi connectivity index (χ1v) is 11.3. The molecule has 2 amide bonds. The molecule has 6 nitrogen and oxygen atoms in total. The van der Waals surface area contributed by atoms with Crippen LogP contribution in [-0.4, -0.2) is 54.3 Å². The average Bonchev–Trinajstić information content (AvgIpc) is 3.21. The fourth-order valence-corrected chi connectivity index (χ4v) is 4.20. The summed E-state index contributed by atoms with van der Waals surface area (Å²) in [6.45, 7) is 3.11. The Kier molecular flexibility index (Phi) is 6.96. The number of nitrogens with one attached hydrogen (secondary N) is 1. The molecule has 1 N–H and O–H groups in total. The monoisotopic (exact) mass is 435 g/mol. The number of hydrogen-bond donors (Lipinski definition) is 1. The first-order chi connectivity index (χ1) is 15.2. The Morgan fingerprint density at radius 2 is 1.77 bits per heavy atom. The number of benzene rings is 2. The minimum absolute atomic E-state index is 0.0720. The standard InChI is InChI=1S/C24H25N3O3S/c28-23(25-20-6-4-9-22(16-20)30-21-7-2-1-3-8-21)17-26-11-5-12-27(14-13-26)24(29)19-10-15-31-18-19/h1-4,6-10,15-16,18H,5,11-14,17H2,(H,25,28). The van der Waals surface area contributed by atoms with Crippen LogP contribution in [-0.2, 0) is 4.79 Å². The van der Waals surface area contributed by atoms with Gasteiger partial charge in [0.25, 0.3) is 5.91 Å². The number of para-hydroxylation sites is 1. The molecule has 4 rings (SSSR count). The molecule has 0 spiro atoms. The normalized spacial score (nSPS) is 14.6. The minimum atomic E-state index is -0.0746. The summed E-state index contributed by atoms with van der Waals surface area (Å²) in [5.41, 5.74) is 1.44. The summed E-state index contributed by atoms with van der Waals surface area (Å²) >= 11 is 1.53. The Bertz CT molecular complexity index is 1010. The maximum Gasteiger partial charge on any atom is 0.254 e. The smallest absolute Gasteiger partial charge is 0.254 e. The van der Waals surface area contributed by atoms with E-state index in [2.05, 4.69) is 10.2 Å². The molecule has 1 aromatic heterocycles. The van der Waals surface area contributed by atoms with E-state index in [0.29, 0.717) is 37.6 Å². The van der Waals surface area contributed by atoms with Crippen LogP contribution >= 0.6 is 11.3 Å². The molecular formula is C24H25N3O3S. The van der Waals surface area contributed by atoms with Crippen molar-refractivity contribution in [1.82, 2.24) is 9.80 Å². The molecule has 3 aromatic rings. The van der Waals surface area contributed by atoms with Gasteiger partial charge >= 0.3 is 0 Å². The molecule has 2 aromatic carbocycles. The molecule has 0 unspecified atom stereocenters. The fourth-order valence-electron chi connectivity index (χ4n) is 3.57. The second-order valence-electron chi connectivity index (χ2n) is 7.43. The third-order valence-corrected chi connectivity index (χ3v) is 5.79. The number of hydrogen-bond acceptors (Lipinski definition) is 5. The van der Waals surface area contributed by atoms with Crippen LogP contribution in [0.1, 0.15) is 16.8 Å². The summed E-state index contributed by atoms with van der Waals surface area (Å²) in [5, 5.41) is 6.75. The summed E-state index contributed by atoms with van der Waals surface area (Å²) < 4.78 is 5.83. The molecule has 160 valence electrons. The van der Waals surface area contributed by atoms with E-state index in [1.807, 2.05) is 76.3 Å². The van der Waals surface area contributed by atoms with Gasteiger partial charge in [-0.25, -0.2) is 0 Å². The van der Waals surface area contributed by atoms with Crippen molar-refractivity contribution in [3.8, 4) is 11.5 Å². The first kappa shape index (κ1) is 21.1. The lowest BCUT2D eigenvalue weighted by Crippen LogP contribution is -2.37. The van der Waals surface area contributed by atoms with E-state index < -0.39 is 0 Å². The number of ether oxygens (including phenoxy) is 1. The average molecular weight is 436 g/mol. The van der Waals surface area contributed by atoms with E-state index in [1.165, 1.54) is 11.3 Å². The molecule has 1 aliphatic heterocycles. The highest BCUT2D eigenvalue weighted by molar-refractivity contribution is 7.08. The predicted octanol–water partition coefficient (Wildman–Crippen LogP) is 4.33. The van der Waals surface area contributed by atoms with Gasteiger partial charge in [-0.1, -0.05) is 24.3 Å². The van der Waals surface area contributed by atoms with Crippen molar-refractivity contribution in [3.63, 3.8) is 0 Å². The molecule has 0 saturated carbocycles. The number of carbonyl (C=O) groups is 2. The SMILES string of the molecule is O=C(CN1CCCN(C(=O)c2ccsc2)CC1)Nc1cccc(Oc2ccccc2)c1. The molecule has 1 saturated heterocycles.